The normalized spacial score (nSPS) is 13.0. The van der Waals surface area contributed by atoms with Crippen LogP contribution in [-0.2, 0) is 22.6 Å². The van der Waals surface area contributed by atoms with Crippen molar-refractivity contribution in [3.63, 3.8) is 0 Å². The molecule has 0 unspecified atom stereocenters. The van der Waals surface area contributed by atoms with Crippen LogP contribution >= 0.6 is 0 Å². The molecule has 7 nitrogen and oxygen atoms in total. The Hall–Kier alpha value is -3.16. The average Bonchev–Trinajstić information content (AvgIpc) is 3.02. The summed E-state index contributed by atoms with van der Waals surface area (Å²) in [6.07, 6.45) is 2.27. The van der Waals surface area contributed by atoms with Crippen LogP contribution in [0, 0.1) is 6.92 Å². The first kappa shape index (κ1) is 22.1. The van der Waals surface area contributed by atoms with Gasteiger partial charge in [-0.3, -0.25) is 4.79 Å². The highest BCUT2D eigenvalue weighted by Crippen LogP contribution is 2.40. The number of esters is 1. The zero-order chi connectivity index (χ0) is 21.9. The minimum Gasteiger partial charge on any atom is -0.481 e. The second-order valence-electron chi connectivity index (χ2n) is 7.16. The number of aliphatic carboxylic acids is 1. The van der Waals surface area contributed by atoms with Crippen LogP contribution in [0.3, 0.4) is 0 Å². The van der Waals surface area contributed by atoms with Crippen molar-refractivity contribution >= 4 is 29.5 Å². The van der Waals surface area contributed by atoms with E-state index in [-0.39, 0.29) is 36.3 Å². The lowest BCUT2D eigenvalue weighted by atomic mass is 9.88. The molecule has 0 aliphatic carbocycles. The fourth-order valence-corrected chi connectivity index (χ4v) is 3.22. The number of cyclic esters (lactones) is 1. The number of benzene rings is 1. The number of carbonyl (C=O) groups is 3. The number of urea groups is 1. The van der Waals surface area contributed by atoms with Crippen LogP contribution in [0.5, 0.6) is 0 Å². The Bertz CT molecular complexity index is 918. The molecular formula is C21H25FN2O5. The molecule has 0 bridgehead atoms. The molecule has 2 amide bonds. The van der Waals surface area contributed by atoms with Crippen molar-refractivity contribution in [3.8, 4) is 0 Å². The van der Waals surface area contributed by atoms with Gasteiger partial charge >= 0.3 is 18.0 Å². The zero-order valence-corrected chi connectivity index (χ0v) is 17.0. The average molecular weight is 404 g/mol. The van der Waals surface area contributed by atoms with Gasteiger partial charge in [0.25, 0.3) is 0 Å². The summed E-state index contributed by atoms with van der Waals surface area (Å²) >= 11 is 0. The molecule has 1 aromatic rings. The van der Waals surface area contributed by atoms with Crippen molar-refractivity contribution in [3.05, 3.63) is 46.0 Å². The maximum absolute atomic E-state index is 14.4. The molecule has 0 saturated carbocycles. The van der Waals surface area contributed by atoms with Crippen LogP contribution in [0.15, 0.2) is 18.2 Å². The van der Waals surface area contributed by atoms with Crippen LogP contribution in [0.4, 0.5) is 14.9 Å². The predicted molar refractivity (Wildman–Crippen MR) is 107 cm³/mol. The van der Waals surface area contributed by atoms with Crippen molar-refractivity contribution in [2.45, 2.75) is 39.7 Å². The highest BCUT2D eigenvalue weighted by atomic mass is 19.1. The molecule has 1 aromatic carbocycles. The van der Waals surface area contributed by atoms with Gasteiger partial charge in [-0.15, -0.1) is 0 Å². The summed E-state index contributed by atoms with van der Waals surface area (Å²) in [6.45, 7) is 6.88. The standard InChI is InChI=1S/C21H25FN2O5/c1-11(7-9-16(25)26)6-8-14-17(13(3)22)12(2)15-10-29-20(27)18(15)19(14)23-21(28)24(4)5/h6H,3,7-10H2,1-2,4-5H3,(H,23,28)(H,25,26). The lowest BCUT2D eigenvalue weighted by Crippen LogP contribution is -2.29. The summed E-state index contributed by atoms with van der Waals surface area (Å²) in [5.74, 6) is -2.18. The third kappa shape index (κ3) is 4.82. The number of hydrogen-bond donors (Lipinski definition) is 2. The van der Waals surface area contributed by atoms with Crippen molar-refractivity contribution in [2.75, 3.05) is 19.4 Å². The molecule has 0 aromatic heterocycles. The Kier molecular flexibility index (Phi) is 6.79. The van der Waals surface area contributed by atoms with Gasteiger partial charge in [0.05, 0.1) is 11.3 Å². The number of rotatable bonds is 7. The Labute approximate surface area is 168 Å². The number of allylic oxidation sites excluding steroid dienone is 2. The first-order chi connectivity index (χ1) is 13.5. The number of hydrogen-bond acceptors (Lipinski definition) is 4. The molecule has 156 valence electrons. The maximum Gasteiger partial charge on any atom is 0.341 e. The third-order valence-electron chi connectivity index (χ3n) is 4.83. The molecule has 0 spiro atoms. The molecular weight excluding hydrogens is 379 g/mol. The van der Waals surface area contributed by atoms with Crippen LogP contribution in [-0.4, -0.2) is 42.1 Å². The summed E-state index contributed by atoms with van der Waals surface area (Å²) in [5.41, 5.74) is 2.89. The topological polar surface area (TPSA) is 95.9 Å². The molecule has 0 fully saturated rings. The van der Waals surface area contributed by atoms with Gasteiger partial charge in [0.1, 0.15) is 12.4 Å². The number of nitrogens with zero attached hydrogens (tertiary/aromatic N) is 1. The second-order valence-corrected chi connectivity index (χ2v) is 7.16. The molecule has 29 heavy (non-hydrogen) atoms. The van der Waals surface area contributed by atoms with Gasteiger partial charge in [0.2, 0.25) is 0 Å². The van der Waals surface area contributed by atoms with Gasteiger partial charge in [-0.05, 0) is 37.8 Å². The van der Waals surface area contributed by atoms with Crippen LogP contribution in [0.25, 0.3) is 5.83 Å². The van der Waals surface area contributed by atoms with E-state index in [1.807, 2.05) is 0 Å². The van der Waals surface area contributed by atoms with Gasteiger partial charge in [-0.25, -0.2) is 14.0 Å². The van der Waals surface area contributed by atoms with Gasteiger partial charge in [0, 0.05) is 31.6 Å². The number of fused-ring (bicyclic) bond motifs is 1. The fraction of sp³-hybridized carbons (Fsp3) is 0.381. The number of nitrogens with one attached hydrogen (secondary N) is 1. The molecule has 0 saturated heterocycles. The van der Waals surface area contributed by atoms with Crippen LogP contribution in [0.1, 0.15) is 52.4 Å². The van der Waals surface area contributed by atoms with E-state index in [4.69, 9.17) is 9.84 Å². The number of ether oxygens (including phenoxy) is 1. The van der Waals surface area contributed by atoms with Gasteiger partial charge in [-0.2, -0.15) is 0 Å². The van der Waals surface area contributed by atoms with Crippen LogP contribution in [0.2, 0.25) is 0 Å². The van der Waals surface area contributed by atoms with Gasteiger partial charge in [0.15, 0.2) is 0 Å². The van der Waals surface area contributed by atoms with E-state index >= 15 is 0 Å². The summed E-state index contributed by atoms with van der Waals surface area (Å²) in [5, 5.41) is 11.5. The van der Waals surface area contributed by atoms with E-state index in [1.165, 1.54) is 4.90 Å². The van der Waals surface area contributed by atoms with Crippen molar-refractivity contribution in [2.24, 2.45) is 0 Å². The maximum atomic E-state index is 14.4. The SMILES string of the molecule is C=C(F)c1c(C)c2c(c(NC(=O)N(C)C)c1CC=C(C)CCC(=O)O)C(=O)OC2. The summed E-state index contributed by atoms with van der Waals surface area (Å²) in [6, 6.07) is -0.473. The van der Waals surface area contributed by atoms with E-state index in [9.17, 15) is 18.8 Å². The monoisotopic (exact) mass is 404 g/mol. The van der Waals surface area contributed by atoms with E-state index in [1.54, 1.807) is 34.0 Å². The highest BCUT2D eigenvalue weighted by Gasteiger charge is 2.33. The Morgan fingerprint density at radius 2 is 2.00 bits per heavy atom. The van der Waals surface area contributed by atoms with E-state index in [0.717, 1.165) is 5.57 Å². The minimum absolute atomic E-state index is 0.00112. The number of carbonyl (C=O) groups excluding carboxylic acids is 2. The second kappa shape index (κ2) is 8.89. The molecule has 1 heterocycles. The predicted octanol–water partition coefficient (Wildman–Crippen LogP) is 4.05. The molecule has 1 aliphatic heterocycles. The number of carboxylic acids is 1. The molecule has 8 heteroatoms. The summed E-state index contributed by atoms with van der Waals surface area (Å²) < 4.78 is 19.6. The Balaban J connectivity index is 2.63. The third-order valence-corrected chi connectivity index (χ3v) is 4.83. The Morgan fingerprint density at radius 1 is 1.34 bits per heavy atom. The lowest BCUT2D eigenvalue weighted by Gasteiger charge is -2.21. The van der Waals surface area contributed by atoms with Gasteiger partial charge < -0.3 is 20.1 Å². The number of halogens is 1. The van der Waals surface area contributed by atoms with E-state index in [0.29, 0.717) is 23.1 Å². The minimum atomic E-state index is -0.911. The molecule has 2 rings (SSSR count). The molecule has 0 atom stereocenters. The molecule has 2 N–H and O–H groups in total. The first-order valence-electron chi connectivity index (χ1n) is 9.10. The quantitative estimate of drug-likeness (QED) is 0.528. The lowest BCUT2D eigenvalue weighted by molar-refractivity contribution is -0.136. The summed E-state index contributed by atoms with van der Waals surface area (Å²) in [4.78, 5) is 36.8. The van der Waals surface area contributed by atoms with Crippen molar-refractivity contribution in [1.29, 1.82) is 0 Å². The first-order valence-corrected chi connectivity index (χ1v) is 9.10. The largest absolute Gasteiger partial charge is 0.481 e. The van der Waals surface area contributed by atoms with Crippen LogP contribution < -0.4 is 5.32 Å². The fourth-order valence-electron chi connectivity index (χ4n) is 3.22. The van der Waals surface area contributed by atoms with Crippen molar-refractivity contribution in [1.82, 2.24) is 4.90 Å². The highest BCUT2D eigenvalue weighted by molar-refractivity contribution is 6.06. The number of amides is 2. The van der Waals surface area contributed by atoms with Crippen molar-refractivity contribution < 1.29 is 28.6 Å². The van der Waals surface area contributed by atoms with E-state index < -0.39 is 23.8 Å². The molecule has 1 aliphatic rings. The number of anilines is 1. The Morgan fingerprint density at radius 3 is 2.55 bits per heavy atom. The van der Waals surface area contributed by atoms with E-state index in [2.05, 4.69) is 11.9 Å². The number of carboxylic acid groups (broad SMARTS) is 1. The smallest absolute Gasteiger partial charge is 0.341 e. The zero-order valence-electron chi connectivity index (χ0n) is 17.0. The molecule has 0 radical (unpaired) electrons. The summed E-state index contributed by atoms with van der Waals surface area (Å²) in [7, 11) is 3.10. The van der Waals surface area contributed by atoms with Gasteiger partial charge in [-0.1, -0.05) is 18.2 Å².